The Morgan fingerprint density at radius 1 is 0.720 bits per heavy atom. The van der Waals surface area contributed by atoms with Crippen LogP contribution >= 0.6 is 0 Å². The molecule has 2 aromatic rings. The number of methoxy groups -OCH3 is 2. The van der Waals surface area contributed by atoms with E-state index >= 15 is 0 Å². The Kier molecular flexibility index (Phi) is 6.83. The molecule has 0 aliphatic carbocycles. The van der Waals surface area contributed by atoms with Crippen LogP contribution in [0.4, 0.5) is 0 Å². The monoisotopic (exact) mass is 343 g/mol. The van der Waals surface area contributed by atoms with Crippen molar-refractivity contribution in [2.24, 2.45) is 0 Å². The minimum atomic E-state index is -0.754. The molecule has 1 radical (unpaired) electrons. The molecular weight excluding hydrogens is 324 g/mol. The second-order valence-electron chi connectivity index (χ2n) is 5.06. The minimum absolute atomic E-state index is 0.0606. The number of ether oxygens (including phenoxy) is 4. The van der Waals surface area contributed by atoms with Crippen molar-refractivity contribution in [3.63, 3.8) is 0 Å². The molecule has 131 valence electrons. The van der Waals surface area contributed by atoms with Crippen LogP contribution in [0.1, 0.15) is 11.1 Å². The van der Waals surface area contributed by atoms with Crippen molar-refractivity contribution in [3.05, 3.63) is 66.1 Å². The molecule has 0 atom stereocenters. The first-order valence-electron chi connectivity index (χ1n) is 7.55. The molecule has 0 spiro atoms. The van der Waals surface area contributed by atoms with E-state index in [4.69, 9.17) is 18.9 Å². The van der Waals surface area contributed by atoms with Crippen LogP contribution < -0.4 is 9.47 Å². The zero-order chi connectivity index (χ0) is 18.1. The number of benzene rings is 2. The maximum Gasteiger partial charge on any atom is 0.322 e. The highest BCUT2D eigenvalue weighted by Gasteiger charge is 2.13. The fourth-order valence-electron chi connectivity index (χ4n) is 1.93. The molecule has 25 heavy (non-hydrogen) atoms. The molecule has 0 aliphatic rings. The molecule has 0 saturated heterocycles. The summed E-state index contributed by atoms with van der Waals surface area (Å²) in [6.07, 6.45) is 0.785. The summed E-state index contributed by atoms with van der Waals surface area (Å²) < 4.78 is 20.1. The molecule has 0 N–H and O–H groups in total. The van der Waals surface area contributed by atoms with Gasteiger partial charge in [0.05, 0.1) is 14.2 Å². The summed E-state index contributed by atoms with van der Waals surface area (Å²) in [5.41, 5.74) is 1.57. The highest BCUT2D eigenvalue weighted by molar-refractivity contribution is 6.03. The number of hydrogen-bond acceptors (Lipinski definition) is 6. The van der Waals surface area contributed by atoms with Gasteiger partial charge in [0.2, 0.25) is 0 Å². The topological polar surface area (TPSA) is 71.1 Å². The van der Waals surface area contributed by atoms with Crippen LogP contribution in [0.25, 0.3) is 0 Å². The van der Waals surface area contributed by atoms with E-state index < -0.39 is 11.9 Å². The summed E-state index contributed by atoms with van der Waals surface area (Å²) in [6, 6.07) is 14.1. The van der Waals surface area contributed by atoms with Gasteiger partial charge in [-0.2, -0.15) is 0 Å². The number of rotatable bonds is 8. The Hall–Kier alpha value is -3.02. The van der Waals surface area contributed by atoms with Crippen LogP contribution in [-0.4, -0.2) is 26.2 Å². The van der Waals surface area contributed by atoms with E-state index in [0.717, 1.165) is 17.5 Å². The Morgan fingerprint density at radius 2 is 1.08 bits per heavy atom. The molecule has 2 aromatic carbocycles. The maximum absolute atomic E-state index is 11.6. The van der Waals surface area contributed by atoms with Crippen molar-refractivity contribution in [2.45, 2.75) is 13.2 Å². The molecule has 6 heteroatoms. The Morgan fingerprint density at radius 3 is 1.40 bits per heavy atom. The molecule has 0 fully saturated rings. The summed E-state index contributed by atoms with van der Waals surface area (Å²) in [6.45, 7) is 0.121. The van der Waals surface area contributed by atoms with E-state index in [0.29, 0.717) is 11.5 Å². The smallest absolute Gasteiger partial charge is 0.322 e. The molecular formula is C19H19O6. The van der Waals surface area contributed by atoms with Crippen LogP contribution in [0, 0.1) is 6.42 Å². The molecule has 0 bridgehead atoms. The first kappa shape index (κ1) is 18.3. The van der Waals surface area contributed by atoms with Crippen LogP contribution in [-0.2, 0) is 32.3 Å². The van der Waals surface area contributed by atoms with Crippen molar-refractivity contribution in [2.75, 3.05) is 14.2 Å². The highest BCUT2D eigenvalue weighted by Crippen LogP contribution is 2.13. The summed E-state index contributed by atoms with van der Waals surface area (Å²) in [7, 11) is 3.14. The molecule has 0 unspecified atom stereocenters. The number of carbonyl (C=O) groups excluding carboxylic acids is 2. The van der Waals surface area contributed by atoms with Crippen LogP contribution in [0.15, 0.2) is 48.5 Å². The van der Waals surface area contributed by atoms with Gasteiger partial charge in [0.15, 0.2) is 6.42 Å². The zero-order valence-electron chi connectivity index (χ0n) is 14.1. The van der Waals surface area contributed by atoms with E-state index in [1.54, 1.807) is 62.8 Å². The summed E-state index contributed by atoms with van der Waals surface area (Å²) in [4.78, 5) is 23.2. The third kappa shape index (κ3) is 6.18. The molecule has 6 nitrogen and oxygen atoms in total. The van der Waals surface area contributed by atoms with E-state index in [1.807, 2.05) is 0 Å². The molecule has 0 saturated carbocycles. The predicted molar refractivity (Wildman–Crippen MR) is 89.9 cm³/mol. The molecule has 0 amide bonds. The first-order valence-corrected chi connectivity index (χ1v) is 7.55. The van der Waals surface area contributed by atoms with Crippen LogP contribution in [0.3, 0.4) is 0 Å². The van der Waals surface area contributed by atoms with Gasteiger partial charge in [0, 0.05) is 0 Å². The Balaban J connectivity index is 1.70. The molecule has 0 aromatic heterocycles. The highest BCUT2D eigenvalue weighted by atomic mass is 16.6. The van der Waals surface area contributed by atoms with Gasteiger partial charge in [0.25, 0.3) is 0 Å². The zero-order valence-corrected chi connectivity index (χ0v) is 14.1. The fourth-order valence-corrected chi connectivity index (χ4v) is 1.93. The van der Waals surface area contributed by atoms with E-state index in [9.17, 15) is 9.59 Å². The van der Waals surface area contributed by atoms with Crippen molar-refractivity contribution in [1.29, 1.82) is 0 Å². The average molecular weight is 343 g/mol. The fraction of sp³-hybridized carbons (Fsp3) is 0.211. The summed E-state index contributed by atoms with van der Waals surface area (Å²) in [5.74, 6) is -0.0846. The van der Waals surface area contributed by atoms with E-state index in [1.165, 1.54) is 0 Å². The third-order valence-electron chi connectivity index (χ3n) is 3.32. The molecule has 0 aliphatic heterocycles. The largest absolute Gasteiger partial charge is 0.497 e. The summed E-state index contributed by atoms with van der Waals surface area (Å²) in [5, 5.41) is 0. The van der Waals surface area contributed by atoms with Crippen LogP contribution in [0.5, 0.6) is 11.5 Å². The van der Waals surface area contributed by atoms with E-state index in [-0.39, 0.29) is 13.2 Å². The van der Waals surface area contributed by atoms with Crippen molar-refractivity contribution >= 4 is 11.9 Å². The lowest BCUT2D eigenvalue weighted by Crippen LogP contribution is -2.14. The van der Waals surface area contributed by atoms with Gasteiger partial charge in [-0.15, -0.1) is 0 Å². The molecule has 0 heterocycles. The SMILES string of the molecule is COc1ccc(COC(=O)[CH]C(=O)OCc2ccc(OC)cc2)cc1. The lowest BCUT2D eigenvalue weighted by atomic mass is 10.2. The van der Waals surface area contributed by atoms with Gasteiger partial charge in [-0.25, -0.2) is 0 Å². The second-order valence-corrected chi connectivity index (χ2v) is 5.06. The second kappa shape index (κ2) is 9.32. The molecule has 2 rings (SSSR count). The van der Waals surface area contributed by atoms with E-state index in [2.05, 4.69) is 0 Å². The van der Waals surface area contributed by atoms with Crippen molar-refractivity contribution in [1.82, 2.24) is 0 Å². The van der Waals surface area contributed by atoms with Gasteiger partial charge >= 0.3 is 11.9 Å². The van der Waals surface area contributed by atoms with Crippen LogP contribution in [0.2, 0.25) is 0 Å². The lowest BCUT2D eigenvalue weighted by molar-refractivity contribution is -0.149. The van der Waals surface area contributed by atoms with Gasteiger partial charge in [-0.3, -0.25) is 9.59 Å². The Labute approximate surface area is 146 Å². The summed E-state index contributed by atoms with van der Waals surface area (Å²) >= 11 is 0. The normalized spacial score (nSPS) is 10.0. The lowest BCUT2D eigenvalue weighted by Gasteiger charge is -2.07. The van der Waals surface area contributed by atoms with Gasteiger partial charge in [-0.05, 0) is 35.4 Å². The Bertz CT molecular complexity index is 629. The standard InChI is InChI=1S/C19H19O6/c1-22-16-7-3-14(4-8-16)12-24-18(20)11-19(21)25-13-15-5-9-17(23-2)10-6-15/h3-11H,12-13H2,1-2H3. The predicted octanol–water partition coefficient (Wildman–Crippen LogP) is 2.69. The quantitative estimate of drug-likeness (QED) is 0.542. The maximum atomic E-state index is 11.6. The minimum Gasteiger partial charge on any atom is -0.497 e. The number of hydrogen-bond donors (Lipinski definition) is 0. The third-order valence-corrected chi connectivity index (χ3v) is 3.32. The van der Waals surface area contributed by atoms with Gasteiger partial charge in [0.1, 0.15) is 24.7 Å². The van der Waals surface area contributed by atoms with Crippen molar-refractivity contribution in [3.8, 4) is 11.5 Å². The number of esters is 2. The number of carbonyl (C=O) groups is 2. The first-order chi connectivity index (χ1) is 12.1. The average Bonchev–Trinajstić information content (AvgIpc) is 2.65. The van der Waals surface area contributed by atoms with Gasteiger partial charge < -0.3 is 18.9 Å². The van der Waals surface area contributed by atoms with Gasteiger partial charge in [-0.1, -0.05) is 24.3 Å². The van der Waals surface area contributed by atoms with Crippen molar-refractivity contribution < 1.29 is 28.5 Å².